The molecule has 0 amide bonds. The van der Waals surface area contributed by atoms with E-state index in [9.17, 15) is 0 Å². The number of halogens is 1. The van der Waals surface area contributed by atoms with Crippen molar-refractivity contribution in [1.82, 2.24) is 0 Å². The van der Waals surface area contributed by atoms with Gasteiger partial charge in [0.25, 0.3) is 0 Å². The van der Waals surface area contributed by atoms with Crippen molar-refractivity contribution in [2.24, 2.45) is 0 Å². The predicted octanol–water partition coefficient (Wildman–Crippen LogP) is 5.43. The first-order valence-corrected chi connectivity index (χ1v) is 6.69. The van der Waals surface area contributed by atoms with Gasteiger partial charge in [0.1, 0.15) is 0 Å². The topological polar surface area (TPSA) is 0 Å². The molecule has 0 bridgehead atoms. The Morgan fingerprint density at radius 3 is 2.24 bits per heavy atom. The Hall–Kier alpha value is -1.00. The first kappa shape index (κ1) is 18.4. The minimum atomic E-state index is 0.579. The van der Waals surface area contributed by atoms with E-state index < -0.39 is 0 Å². The zero-order chi connectivity index (χ0) is 13.5. The predicted molar refractivity (Wildman–Crippen MR) is 84.4 cm³/mol. The number of hydrogen-bond acceptors (Lipinski definition) is 0. The Balaban J connectivity index is 0. The van der Waals surface area contributed by atoms with E-state index >= 15 is 0 Å². The van der Waals surface area contributed by atoms with Crippen LogP contribution in [0.25, 0.3) is 0 Å². The smallest absolute Gasteiger partial charge is 0.0157 e. The highest BCUT2D eigenvalue weighted by atomic mass is 79.9. The monoisotopic (exact) mass is 294 g/mol. The third kappa shape index (κ3) is 17.6. The molecule has 1 atom stereocenters. The fourth-order valence-corrected chi connectivity index (χ4v) is 1.42. The Labute approximate surface area is 115 Å². The standard InChI is InChI=1S/C9H15Br.C7H8/c1-4-6-9(5-2)7-8(3)10;1-3-5-7-6-4-2/h4-6,8H,7H2,1-3H3;1,4-7H,2H3/b6-4-,9-5+;6-4-,7-5-. The molecule has 0 aliphatic carbocycles. The molecule has 0 nitrogen and oxygen atoms in total. The van der Waals surface area contributed by atoms with E-state index in [1.54, 1.807) is 6.08 Å². The van der Waals surface area contributed by atoms with Crippen LogP contribution < -0.4 is 0 Å². The molecule has 0 N–H and O–H groups in total. The summed E-state index contributed by atoms with van der Waals surface area (Å²) in [6.07, 6.45) is 19.7. The van der Waals surface area contributed by atoms with Gasteiger partial charge in [0.15, 0.2) is 0 Å². The maximum Gasteiger partial charge on any atom is 0.0157 e. The first-order valence-electron chi connectivity index (χ1n) is 5.78. The van der Waals surface area contributed by atoms with Crippen molar-refractivity contribution in [2.45, 2.75) is 38.9 Å². The largest absolute Gasteiger partial charge is 0.115 e. The van der Waals surface area contributed by atoms with Gasteiger partial charge in [-0.2, -0.15) is 0 Å². The van der Waals surface area contributed by atoms with Crippen LogP contribution in [0.3, 0.4) is 0 Å². The zero-order valence-electron chi connectivity index (χ0n) is 11.3. The lowest BCUT2D eigenvalue weighted by Crippen LogP contribution is -1.90. The minimum Gasteiger partial charge on any atom is -0.115 e. The van der Waals surface area contributed by atoms with Crippen molar-refractivity contribution in [1.29, 1.82) is 0 Å². The highest BCUT2D eigenvalue weighted by Crippen LogP contribution is 2.12. The normalized spacial score (nSPS) is 13.8. The van der Waals surface area contributed by atoms with Crippen LogP contribution in [-0.2, 0) is 0 Å². The summed E-state index contributed by atoms with van der Waals surface area (Å²) in [6.45, 7) is 8.22. The molecule has 0 heterocycles. The SMILES string of the molecule is C#C/C=C\C=C/C.C/C=C\C(=C/C)CC(C)Br. The summed E-state index contributed by atoms with van der Waals surface area (Å²) in [5.41, 5.74) is 1.40. The van der Waals surface area contributed by atoms with Crippen molar-refractivity contribution in [2.75, 3.05) is 0 Å². The molecule has 0 saturated heterocycles. The van der Waals surface area contributed by atoms with Crippen molar-refractivity contribution in [3.63, 3.8) is 0 Å². The summed E-state index contributed by atoms with van der Waals surface area (Å²) >= 11 is 3.51. The molecule has 17 heavy (non-hydrogen) atoms. The Bertz CT molecular complexity index is 309. The molecule has 0 aliphatic rings. The number of rotatable bonds is 4. The molecule has 0 rings (SSSR count). The molecule has 0 radical (unpaired) electrons. The van der Waals surface area contributed by atoms with E-state index in [1.807, 2.05) is 32.1 Å². The van der Waals surface area contributed by atoms with Gasteiger partial charge in [0.05, 0.1) is 0 Å². The van der Waals surface area contributed by atoms with Gasteiger partial charge in [0.2, 0.25) is 0 Å². The van der Waals surface area contributed by atoms with E-state index in [2.05, 4.69) is 53.9 Å². The van der Waals surface area contributed by atoms with Crippen molar-refractivity contribution in [3.8, 4) is 12.3 Å². The van der Waals surface area contributed by atoms with Crippen LogP contribution in [0.4, 0.5) is 0 Å². The lowest BCUT2D eigenvalue weighted by molar-refractivity contribution is 0.961. The molecule has 0 fully saturated rings. The van der Waals surface area contributed by atoms with Crippen LogP contribution in [-0.4, -0.2) is 4.83 Å². The van der Waals surface area contributed by atoms with Gasteiger partial charge in [0, 0.05) is 4.83 Å². The van der Waals surface area contributed by atoms with Gasteiger partial charge < -0.3 is 0 Å². The van der Waals surface area contributed by atoms with E-state index in [0.29, 0.717) is 4.83 Å². The highest BCUT2D eigenvalue weighted by Gasteiger charge is 1.96. The third-order valence-electron chi connectivity index (χ3n) is 1.76. The second-order valence-corrected chi connectivity index (χ2v) is 4.96. The van der Waals surface area contributed by atoms with Crippen LogP contribution in [0, 0.1) is 12.3 Å². The molecular formula is C16H23Br. The number of allylic oxidation sites excluding steroid dienone is 8. The minimum absolute atomic E-state index is 0.579. The van der Waals surface area contributed by atoms with Gasteiger partial charge in [-0.3, -0.25) is 0 Å². The van der Waals surface area contributed by atoms with E-state index in [4.69, 9.17) is 6.42 Å². The lowest BCUT2D eigenvalue weighted by Gasteiger charge is -2.02. The molecule has 0 aromatic rings. The zero-order valence-corrected chi connectivity index (χ0v) is 12.9. The molecule has 0 aromatic heterocycles. The quantitative estimate of drug-likeness (QED) is 0.368. The van der Waals surface area contributed by atoms with Gasteiger partial charge in [-0.1, -0.05) is 70.8 Å². The summed E-state index contributed by atoms with van der Waals surface area (Å²) < 4.78 is 0. The van der Waals surface area contributed by atoms with Crippen molar-refractivity contribution < 1.29 is 0 Å². The van der Waals surface area contributed by atoms with Gasteiger partial charge in [-0.15, -0.1) is 6.42 Å². The number of alkyl halides is 1. The third-order valence-corrected chi connectivity index (χ3v) is 2.09. The molecule has 94 valence electrons. The molecule has 0 aliphatic heterocycles. The Morgan fingerprint density at radius 1 is 1.24 bits per heavy atom. The second-order valence-electron chi connectivity index (χ2n) is 3.40. The maximum absolute atomic E-state index is 4.90. The molecular weight excluding hydrogens is 272 g/mol. The summed E-state index contributed by atoms with van der Waals surface area (Å²) in [5.74, 6) is 2.37. The fourth-order valence-electron chi connectivity index (χ4n) is 1.04. The molecule has 0 aromatic carbocycles. The number of terminal acetylenes is 1. The van der Waals surface area contributed by atoms with E-state index in [0.717, 1.165) is 6.42 Å². The van der Waals surface area contributed by atoms with E-state index in [1.165, 1.54) is 5.57 Å². The molecule has 1 unspecified atom stereocenters. The van der Waals surface area contributed by atoms with Crippen molar-refractivity contribution in [3.05, 3.63) is 48.1 Å². The average Bonchev–Trinajstić information content (AvgIpc) is 2.29. The van der Waals surface area contributed by atoms with Crippen LogP contribution in [0.2, 0.25) is 0 Å². The van der Waals surface area contributed by atoms with Crippen LogP contribution in [0.15, 0.2) is 48.1 Å². The Morgan fingerprint density at radius 2 is 1.88 bits per heavy atom. The summed E-state index contributed by atoms with van der Waals surface area (Å²) in [7, 11) is 0. The summed E-state index contributed by atoms with van der Waals surface area (Å²) in [4.78, 5) is 0.579. The molecule has 0 saturated carbocycles. The number of hydrogen-bond donors (Lipinski definition) is 0. The Kier molecular flexibility index (Phi) is 16.2. The van der Waals surface area contributed by atoms with Gasteiger partial charge >= 0.3 is 0 Å². The lowest BCUT2D eigenvalue weighted by atomic mass is 10.1. The summed E-state index contributed by atoms with van der Waals surface area (Å²) in [5, 5.41) is 0. The van der Waals surface area contributed by atoms with Crippen LogP contribution in [0.1, 0.15) is 34.1 Å². The molecule has 0 spiro atoms. The maximum atomic E-state index is 4.90. The summed E-state index contributed by atoms with van der Waals surface area (Å²) in [6, 6.07) is 0. The molecule has 1 heteroatoms. The van der Waals surface area contributed by atoms with Crippen LogP contribution in [0.5, 0.6) is 0 Å². The van der Waals surface area contributed by atoms with Crippen molar-refractivity contribution >= 4 is 15.9 Å². The average molecular weight is 295 g/mol. The fraction of sp³-hybridized carbons (Fsp3) is 0.375. The van der Waals surface area contributed by atoms with Crippen LogP contribution >= 0.6 is 15.9 Å². The highest BCUT2D eigenvalue weighted by molar-refractivity contribution is 9.09. The van der Waals surface area contributed by atoms with E-state index in [-0.39, 0.29) is 0 Å². The van der Waals surface area contributed by atoms with Gasteiger partial charge in [-0.05, 0) is 33.3 Å². The first-order chi connectivity index (χ1) is 8.12. The van der Waals surface area contributed by atoms with Gasteiger partial charge in [-0.25, -0.2) is 0 Å². The second kappa shape index (κ2) is 15.0.